The third-order valence-corrected chi connectivity index (χ3v) is 4.69. The molecule has 0 radical (unpaired) electrons. The SMILES string of the molecule is Cc1cc(C#CC2CC2)ccc1-c1cn(CCOCC2COCCO2)nn1. The lowest BCUT2D eigenvalue weighted by molar-refractivity contribution is -0.115. The van der Waals surface area contributed by atoms with E-state index in [9.17, 15) is 0 Å². The zero-order chi connectivity index (χ0) is 18.5. The van der Waals surface area contributed by atoms with Crippen LogP contribution in [0.15, 0.2) is 24.4 Å². The molecule has 1 aliphatic carbocycles. The van der Waals surface area contributed by atoms with Gasteiger partial charge in [0.1, 0.15) is 11.8 Å². The average Bonchev–Trinajstić information content (AvgIpc) is 3.41. The minimum absolute atomic E-state index is 0.0363. The molecule has 0 amide bonds. The van der Waals surface area contributed by atoms with E-state index in [1.165, 1.54) is 12.8 Å². The van der Waals surface area contributed by atoms with Crippen LogP contribution in [0.4, 0.5) is 0 Å². The maximum absolute atomic E-state index is 5.67. The molecule has 2 fully saturated rings. The Balaban J connectivity index is 1.30. The van der Waals surface area contributed by atoms with Crippen molar-refractivity contribution in [2.24, 2.45) is 5.92 Å². The first-order valence-electron chi connectivity index (χ1n) is 9.58. The molecule has 27 heavy (non-hydrogen) atoms. The molecule has 6 heteroatoms. The molecule has 1 saturated carbocycles. The van der Waals surface area contributed by atoms with Gasteiger partial charge in [-0.3, -0.25) is 0 Å². The molecule has 6 nitrogen and oxygen atoms in total. The lowest BCUT2D eigenvalue weighted by Gasteiger charge is -2.22. The number of hydrogen-bond acceptors (Lipinski definition) is 5. The van der Waals surface area contributed by atoms with Gasteiger partial charge in [-0.25, -0.2) is 4.68 Å². The molecule has 1 aromatic heterocycles. The highest BCUT2D eigenvalue weighted by atomic mass is 16.6. The summed E-state index contributed by atoms with van der Waals surface area (Å²) in [6, 6.07) is 6.27. The predicted molar refractivity (Wildman–Crippen MR) is 101 cm³/mol. The highest BCUT2D eigenvalue weighted by Crippen LogP contribution is 2.28. The first kappa shape index (κ1) is 18.2. The minimum Gasteiger partial charge on any atom is -0.377 e. The second kappa shape index (κ2) is 8.66. The quantitative estimate of drug-likeness (QED) is 0.580. The van der Waals surface area contributed by atoms with E-state index < -0.39 is 0 Å². The summed E-state index contributed by atoms with van der Waals surface area (Å²) >= 11 is 0. The highest BCUT2D eigenvalue weighted by molar-refractivity contribution is 5.64. The molecule has 2 aromatic rings. The Bertz CT molecular complexity index is 827. The fraction of sp³-hybridized carbons (Fsp3) is 0.524. The van der Waals surface area contributed by atoms with Crippen LogP contribution in [0.2, 0.25) is 0 Å². The molecular formula is C21H25N3O3. The largest absolute Gasteiger partial charge is 0.377 e. The molecule has 1 unspecified atom stereocenters. The molecule has 2 aliphatic rings. The highest BCUT2D eigenvalue weighted by Gasteiger charge is 2.18. The third-order valence-electron chi connectivity index (χ3n) is 4.69. The first-order valence-corrected chi connectivity index (χ1v) is 9.58. The van der Waals surface area contributed by atoms with Crippen LogP contribution in [0.1, 0.15) is 24.0 Å². The van der Waals surface area contributed by atoms with Crippen LogP contribution in [0.3, 0.4) is 0 Å². The standard InChI is InChI=1S/C21H25N3O3/c1-16-12-18(5-4-17-2-3-17)6-7-20(16)21-13-24(23-22-21)8-9-25-14-19-15-26-10-11-27-19/h6-7,12-13,17,19H,2-3,8-11,14-15H2,1H3. The third kappa shape index (κ3) is 5.16. The Morgan fingerprint density at radius 1 is 1.30 bits per heavy atom. The van der Waals surface area contributed by atoms with Crippen molar-refractivity contribution in [1.29, 1.82) is 0 Å². The molecule has 0 N–H and O–H groups in total. The fourth-order valence-corrected chi connectivity index (χ4v) is 2.98. The Morgan fingerprint density at radius 2 is 2.22 bits per heavy atom. The van der Waals surface area contributed by atoms with Crippen LogP contribution in [0.25, 0.3) is 11.3 Å². The molecule has 1 atom stereocenters. The average molecular weight is 367 g/mol. The molecule has 142 valence electrons. The molecule has 1 saturated heterocycles. The predicted octanol–water partition coefficient (Wildman–Crippen LogP) is 2.45. The summed E-state index contributed by atoms with van der Waals surface area (Å²) in [5.74, 6) is 7.18. The maximum atomic E-state index is 5.67. The second-order valence-electron chi connectivity index (χ2n) is 7.08. The van der Waals surface area contributed by atoms with Gasteiger partial charge in [-0.1, -0.05) is 23.1 Å². The summed E-state index contributed by atoms with van der Waals surface area (Å²) in [5, 5.41) is 8.52. The van der Waals surface area contributed by atoms with E-state index in [2.05, 4.69) is 47.3 Å². The number of aryl methyl sites for hydroxylation is 1. The Morgan fingerprint density at radius 3 is 3.00 bits per heavy atom. The van der Waals surface area contributed by atoms with Gasteiger partial charge in [0.2, 0.25) is 0 Å². The summed E-state index contributed by atoms with van der Waals surface area (Å²) in [4.78, 5) is 0. The van der Waals surface area contributed by atoms with E-state index in [1.807, 2.05) is 10.9 Å². The smallest absolute Gasteiger partial charge is 0.113 e. The van der Waals surface area contributed by atoms with E-state index in [0.29, 0.717) is 45.5 Å². The normalized spacial score (nSPS) is 19.5. The van der Waals surface area contributed by atoms with Crippen molar-refractivity contribution in [3.05, 3.63) is 35.5 Å². The van der Waals surface area contributed by atoms with Gasteiger partial charge in [-0.15, -0.1) is 5.10 Å². The minimum atomic E-state index is 0.0363. The fourth-order valence-electron chi connectivity index (χ4n) is 2.98. The summed E-state index contributed by atoms with van der Waals surface area (Å²) < 4.78 is 18.4. The van der Waals surface area contributed by atoms with Crippen LogP contribution < -0.4 is 0 Å². The summed E-state index contributed by atoms with van der Waals surface area (Å²) in [6.45, 7) is 5.78. The van der Waals surface area contributed by atoms with Crippen molar-refractivity contribution in [1.82, 2.24) is 15.0 Å². The van der Waals surface area contributed by atoms with E-state index in [0.717, 1.165) is 22.4 Å². The molecule has 2 heterocycles. The second-order valence-corrected chi connectivity index (χ2v) is 7.08. The van der Waals surface area contributed by atoms with Crippen LogP contribution >= 0.6 is 0 Å². The van der Waals surface area contributed by atoms with E-state index >= 15 is 0 Å². The van der Waals surface area contributed by atoms with Crippen LogP contribution in [0, 0.1) is 24.7 Å². The number of nitrogens with zero attached hydrogens (tertiary/aromatic N) is 3. The zero-order valence-electron chi connectivity index (χ0n) is 15.7. The van der Waals surface area contributed by atoms with Crippen molar-refractivity contribution < 1.29 is 14.2 Å². The van der Waals surface area contributed by atoms with Gasteiger partial charge >= 0.3 is 0 Å². The number of hydrogen-bond donors (Lipinski definition) is 0. The van der Waals surface area contributed by atoms with Crippen molar-refractivity contribution in [3.8, 4) is 23.1 Å². The van der Waals surface area contributed by atoms with Crippen molar-refractivity contribution in [2.45, 2.75) is 32.4 Å². The van der Waals surface area contributed by atoms with Crippen molar-refractivity contribution in [3.63, 3.8) is 0 Å². The Kier molecular flexibility index (Phi) is 5.83. The summed E-state index contributed by atoms with van der Waals surface area (Å²) in [6.07, 6.45) is 4.49. The lowest BCUT2D eigenvalue weighted by atomic mass is 10.0. The van der Waals surface area contributed by atoms with Crippen LogP contribution in [-0.4, -0.2) is 54.1 Å². The number of aromatic nitrogens is 3. The van der Waals surface area contributed by atoms with Gasteiger partial charge in [-0.05, 0) is 37.5 Å². The molecule has 1 aliphatic heterocycles. The van der Waals surface area contributed by atoms with E-state index in [4.69, 9.17) is 14.2 Å². The lowest BCUT2D eigenvalue weighted by Crippen LogP contribution is -2.32. The topological polar surface area (TPSA) is 58.4 Å². The number of ether oxygens (including phenoxy) is 3. The monoisotopic (exact) mass is 367 g/mol. The van der Waals surface area contributed by atoms with E-state index in [1.54, 1.807) is 0 Å². The maximum Gasteiger partial charge on any atom is 0.113 e. The molecular weight excluding hydrogens is 342 g/mol. The Hall–Kier alpha value is -2.20. The van der Waals surface area contributed by atoms with Crippen molar-refractivity contribution >= 4 is 0 Å². The first-order chi connectivity index (χ1) is 13.3. The number of rotatable bonds is 6. The summed E-state index contributed by atoms with van der Waals surface area (Å²) in [5.41, 5.74) is 4.19. The van der Waals surface area contributed by atoms with E-state index in [-0.39, 0.29) is 6.10 Å². The van der Waals surface area contributed by atoms with Gasteiger partial charge in [-0.2, -0.15) is 0 Å². The van der Waals surface area contributed by atoms with Gasteiger partial charge in [0.05, 0.1) is 45.8 Å². The Labute approximate surface area is 159 Å². The van der Waals surface area contributed by atoms with Crippen LogP contribution in [0.5, 0.6) is 0 Å². The molecule has 0 spiro atoms. The summed E-state index contributed by atoms with van der Waals surface area (Å²) in [7, 11) is 0. The molecule has 0 bridgehead atoms. The van der Waals surface area contributed by atoms with Gasteiger partial charge in [0.15, 0.2) is 0 Å². The van der Waals surface area contributed by atoms with Crippen molar-refractivity contribution in [2.75, 3.05) is 33.0 Å². The van der Waals surface area contributed by atoms with Gasteiger partial charge < -0.3 is 14.2 Å². The number of benzene rings is 1. The van der Waals surface area contributed by atoms with Gasteiger partial charge in [0, 0.05) is 17.0 Å². The zero-order valence-corrected chi connectivity index (χ0v) is 15.7. The van der Waals surface area contributed by atoms with Crippen LogP contribution in [-0.2, 0) is 20.8 Å². The molecule has 1 aromatic carbocycles. The van der Waals surface area contributed by atoms with Gasteiger partial charge in [0.25, 0.3) is 0 Å². The molecule has 4 rings (SSSR count).